The molecule has 0 saturated carbocycles. The standard InChI is InChI=1S/C15H21N3O3S/c1-3-15(2,7-8-19)17-12(20)4-5-13-16-14(18-21-13)11-6-9-22-10-11/h6,9-10,19H,3-5,7-8H2,1-2H3,(H,17,20). The third-order valence-corrected chi connectivity index (χ3v) is 4.38. The lowest BCUT2D eigenvalue weighted by Crippen LogP contribution is -2.46. The zero-order valence-corrected chi connectivity index (χ0v) is 13.7. The zero-order chi connectivity index (χ0) is 16.0. The van der Waals surface area contributed by atoms with E-state index in [0.29, 0.717) is 24.6 Å². The summed E-state index contributed by atoms with van der Waals surface area (Å²) in [7, 11) is 0. The van der Waals surface area contributed by atoms with Crippen LogP contribution in [-0.2, 0) is 11.2 Å². The molecule has 0 fully saturated rings. The van der Waals surface area contributed by atoms with Gasteiger partial charge in [-0.05, 0) is 31.2 Å². The number of aliphatic hydroxyl groups is 1. The minimum Gasteiger partial charge on any atom is -0.396 e. The molecule has 0 aromatic carbocycles. The molecule has 1 amide bonds. The second kappa shape index (κ2) is 7.51. The first kappa shape index (κ1) is 16.6. The van der Waals surface area contributed by atoms with Crippen molar-refractivity contribution in [1.29, 1.82) is 0 Å². The fourth-order valence-corrected chi connectivity index (χ4v) is 2.69. The van der Waals surface area contributed by atoms with E-state index in [1.54, 1.807) is 11.3 Å². The Morgan fingerprint density at radius 1 is 1.55 bits per heavy atom. The maximum atomic E-state index is 12.0. The van der Waals surface area contributed by atoms with Gasteiger partial charge in [0, 0.05) is 35.9 Å². The lowest BCUT2D eigenvalue weighted by atomic mass is 9.94. The highest BCUT2D eigenvalue weighted by atomic mass is 32.1. The summed E-state index contributed by atoms with van der Waals surface area (Å²) >= 11 is 1.57. The van der Waals surface area contributed by atoms with E-state index in [9.17, 15) is 4.79 Å². The van der Waals surface area contributed by atoms with E-state index < -0.39 is 0 Å². The summed E-state index contributed by atoms with van der Waals surface area (Å²) in [5.41, 5.74) is 0.550. The predicted octanol–water partition coefficient (Wildman–Crippen LogP) is 2.40. The number of aromatic nitrogens is 2. The molecular weight excluding hydrogens is 302 g/mol. The van der Waals surface area contributed by atoms with Crippen molar-refractivity contribution in [1.82, 2.24) is 15.5 Å². The summed E-state index contributed by atoms with van der Waals surface area (Å²) in [6, 6.07) is 1.92. The summed E-state index contributed by atoms with van der Waals surface area (Å²) in [6.07, 6.45) is 1.99. The van der Waals surface area contributed by atoms with E-state index in [1.807, 2.05) is 30.7 Å². The fraction of sp³-hybridized carbons (Fsp3) is 0.533. The number of rotatable bonds is 8. The van der Waals surface area contributed by atoms with Crippen molar-refractivity contribution in [3.05, 3.63) is 22.7 Å². The van der Waals surface area contributed by atoms with Gasteiger partial charge in [-0.15, -0.1) is 0 Å². The number of thiophene rings is 1. The van der Waals surface area contributed by atoms with Crippen LogP contribution < -0.4 is 5.32 Å². The molecule has 2 rings (SSSR count). The Morgan fingerprint density at radius 2 is 2.36 bits per heavy atom. The third-order valence-electron chi connectivity index (χ3n) is 3.70. The number of amides is 1. The smallest absolute Gasteiger partial charge is 0.227 e. The average molecular weight is 323 g/mol. The Labute approximate surface area is 133 Å². The highest BCUT2D eigenvalue weighted by Gasteiger charge is 2.23. The van der Waals surface area contributed by atoms with Crippen LogP contribution in [0.15, 0.2) is 21.3 Å². The Morgan fingerprint density at radius 3 is 3.00 bits per heavy atom. The maximum absolute atomic E-state index is 12.0. The maximum Gasteiger partial charge on any atom is 0.227 e. The summed E-state index contributed by atoms with van der Waals surface area (Å²) in [5.74, 6) is 0.931. The summed E-state index contributed by atoms with van der Waals surface area (Å²) in [4.78, 5) is 16.3. The molecule has 1 unspecified atom stereocenters. The van der Waals surface area contributed by atoms with Crippen LogP contribution in [0.25, 0.3) is 11.4 Å². The molecule has 22 heavy (non-hydrogen) atoms. The monoisotopic (exact) mass is 323 g/mol. The highest BCUT2D eigenvalue weighted by Crippen LogP contribution is 2.19. The van der Waals surface area contributed by atoms with Crippen LogP contribution in [0.2, 0.25) is 0 Å². The van der Waals surface area contributed by atoms with Gasteiger partial charge in [0.25, 0.3) is 0 Å². The van der Waals surface area contributed by atoms with Crippen molar-refractivity contribution in [3.8, 4) is 11.4 Å². The van der Waals surface area contributed by atoms with E-state index in [0.717, 1.165) is 12.0 Å². The molecule has 6 nitrogen and oxygen atoms in total. The molecule has 2 aromatic heterocycles. The molecule has 0 aliphatic rings. The van der Waals surface area contributed by atoms with Gasteiger partial charge in [-0.2, -0.15) is 16.3 Å². The van der Waals surface area contributed by atoms with E-state index in [4.69, 9.17) is 9.63 Å². The molecule has 7 heteroatoms. The van der Waals surface area contributed by atoms with Gasteiger partial charge in [0.1, 0.15) is 0 Å². The van der Waals surface area contributed by atoms with Crippen LogP contribution >= 0.6 is 11.3 Å². The van der Waals surface area contributed by atoms with Gasteiger partial charge < -0.3 is 14.9 Å². The van der Waals surface area contributed by atoms with Crippen LogP contribution in [0.5, 0.6) is 0 Å². The molecule has 1 atom stereocenters. The van der Waals surface area contributed by atoms with Gasteiger partial charge in [0.2, 0.25) is 17.6 Å². The van der Waals surface area contributed by atoms with E-state index in [1.165, 1.54) is 0 Å². The molecule has 0 bridgehead atoms. The number of aryl methyl sites for hydroxylation is 1. The van der Waals surface area contributed by atoms with Crippen LogP contribution in [0.3, 0.4) is 0 Å². The molecule has 0 spiro atoms. The average Bonchev–Trinajstić information content (AvgIpc) is 3.16. The quantitative estimate of drug-likeness (QED) is 0.779. The van der Waals surface area contributed by atoms with E-state index in [2.05, 4.69) is 15.5 Å². The lowest BCUT2D eigenvalue weighted by Gasteiger charge is -2.28. The van der Waals surface area contributed by atoms with Crippen LogP contribution in [0.1, 0.15) is 39.0 Å². The van der Waals surface area contributed by atoms with Crippen LogP contribution in [0.4, 0.5) is 0 Å². The number of hydrogen-bond donors (Lipinski definition) is 2. The van der Waals surface area contributed by atoms with Crippen molar-refractivity contribution in [2.24, 2.45) is 0 Å². The molecular formula is C15H21N3O3S. The number of carbonyl (C=O) groups is 1. The van der Waals surface area contributed by atoms with Crippen LogP contribution in [-0.4, -0.2) is 33.3 Å². The summed E-state index contributed by atoms with van der Waals surface area (Å²) in [6.45, 7) is 3.97. The molecule has 2 aromatic rings. The lowest BCUT2D eigenvalue weighted by molar-refractivity contribution is -0.123. The Bertz CT molecular complexity index is 597. The Balaban J connectivity index is 1.86. The van der Waals surface area contributed by atoms with Crippen molar-refractivity contribution in [2.75, 3.05) is 6.61 Å². The topological polar surface area (TPSA) is 88.2 Å². The molecule has 120 valence electrons. The molecule has 0 radical (unpaired) electrons. The Hall–Kier alpha value is -1.73. The van der Waals surface area contributed by atoms with E-state index >= 15 is 0 Å². The van der Waals surface area contributed by atoms with E-state index in [-0.39, 0.29) is 24.5 Å². The minimum atomic E-state index is -0.373. The van der Waals surface area contributed by atoms with Gasteiger partial charge in [-0.3, -0.25) is 4.79 Å². The molecule has 0 aliphatic heterocycles. The normalized spacial score (nSPS) is 13.8. The first-order chi connectivity index (χ1) is 10.6. The van der Waals surface area contributed by atoms with Gasteiger partial charge in [-0.1, -0.05) is 12.1 Å². The summed E-state index contributed by atoms with van der Waals surface area (Å²) < 4.78 is 5.17. The van der Waals surface area contributed by atoms with Gasteiger partial charge >= 0.3 is 0 Å². The van der Waals surface area contributed by atoms with Crippen molar-refractivity contribution in [2.45, 2.75) is 45.1 Å². The Kier molecular flexibility index (Phi) is 5.68. The second-order valence-electron chi connectivity index (χ2n) is 5.46. The number of carbonyl (C=O) groups excluding carboxylic acids is 1. The molecule has 2 heterocycles. The number of hydrogen-bond acceptors (Lipinski definition) is 6. The number of nitrogens with one attached hydrogen (secondary N) is 1. The fourth-order valence-electron chi connectivity index (χ4n) is 2.06. The first-order valence-corrected chi connectivity index (χ1v) is 8.27. The zero-order valence-electron chi connectivity index (χ0n) is 12.8. The number of aliphatic hydroxyl groups excluding tert-OH is 1. The van der Waals surface area contributed by atoms with Gasteiger partial charge in [0.05, 0.1) is 0 Å². The van der Waals surface area contributed by atoms with Crippen LogP contribution in [0, 0.1) is 0 Å². The van der Waals surface area contributed by atoms with Crippen molar-refractivity contribution in [3.63, 3.8) is 0 Å². The van der Waals surface area contributed by atoms with Gasteiger partial charge in [-0.25, -0.2) is 0 Å². The van der Waals surface area contributed by atoms with Gasteiger partial charge in [0.15, 0.2) is 0 Å². The van der Waals surface area contributed by atoms with Crippen molar-refractivity contribution >= 4 is 17.2 Å². The third kappa shape index (κ3) is 4.38. The largest absolute Gasteiger partial charge is 0.396 e. The minimum absolute atomic E-state index is 0.0538. The number of nitrogens with zero attached hydrogens (tertiary/aromatic N) is 2. The highest BCUT2D eigenvalue weighted by molar-refractivity contribution is 7.08. The molecule has 0 aliphatic carbocycles. The summed E-state index contributed by atoms with van der Waals surface area (Å²) in [5, 5.41) is 19.8. The molecule has 2 N–H and O–H groups in total. The first-order valence-electron chi connectivity index (χ1n) is 7.33. The predicted molar refractivity (Wildman–Crippen MR) is 84.5 cm³/mol. The second-order valence-corrected chi connectivity index (χ2v) is 6.24. The SMILES string of the molecule is CCC(C)(CCO)NC(=O)CCc1nc(-c2ccsc2)no1. The molecule has 0 saturated heterocycles. The van der Waals surface area contributed by atoms with Crippen molar-refractivity contribution < 1.29 is 14.4 Å².